The van der Waals surface area contributed by atoms with Crippen LogP contribution >= 0.6 is 11.8 Å². The summed E-state index contributed by atoms with van der Waals surface area (Å²) in [5, 5.41) is 0. The predicted octanol–water partition coefficient (Wildman–Crippen LogP) is 6.65. The number of thioether (sulfide) groups is 1. The van der Waals surface area contributed by atoms with Gasteiger partial charge in [-0.05, 0) is 29.8 Å². The number of rotatable bonds is 6. The molecule has 3 rings (SSSR count). The lowest BCUT2D eigenvalue weighted by Gasteiger charge is -2.35. The van der Waals surface area contributed by atoms with E-state index in [1.807, 2.05) is 0 Å². The van der Waals surface area contributed by atoms with E-state index in [2.05, 4.69) is 0 Å². The van der Waals surface area contributed by atoms with Gasteiger partial charge in [0.1, 0.15) is 10.6 Å². The van der Waals surface area contributed by atoms with Gasteiger partial charge in [-0.15, -0.1) is 11.8 Å². The quantitative estimate of drug-likeness (QED) is 0.260. The van der Waals surface area contributed by atoms with E-state index in [1.54, 1.807) is 24.3 Å². The summed E-state index contributed by atoms with van der Waals surface area (Å²) in [6.45, 7) is 0. The fraction of sp³-hybridized carbons (Fsp3) is 0.136. The van der Waals surface area contributed by atoms with E-state index in [-0.39, 0.29) is 16.0 Å². The van der Waals surface area contributed by atoms with Crippen LogP contribution in [0.3, 0.4) is 0 Å². The highest BCUT2D eigenvalue weighted by Crippen LogP contribution is 2.55. The predicted molar refractivity (Wildman–Crippen MR) is 102 cm³/mol. The van der Waals surface area contributed by atoms with Gasteiger partial charge in [-0.2, -0.15) is 13.2 Å². The van der Waals surface area contributed by atoms with Crippen LogP contribution in [-0.4, -0.2) is 12.0 Å². The zero-order chi connectivity index (χ0) is 20.2. The molecule has 3 aromatic carbocycles. The SMILES string of the molecule is O=C(CC(Sc1ccc(F)cc1)(c1ccccc1)C(F)(F)F)c1ccccc1. The maximum Gasteiger partial charge on any atom is 0.408 e. The zero-order valence-electron chi connectivity index (χ0n) is 14.6. The lowest BCUT2D eigenvalue weighted by molar-refractivity contribution is -0.161. The minimum absolute atomic E-state index is 0.0268. The molecule has 0 aliphatic heterocycles. The summed E-state index contributed by atoms with van der Waals surface area (Å²) in [5.74, 6) is -1.15. The number of ketones is 1. The molecule has 0 bridgehead atoms. The summed E-state index contributed by atoms with van der Waals surface area (Å²) in [7, 11) is 0. The van der Waals surface area contributed by atoms with Crippen molar-refractivity contribution < 1.29 is 22.4 Å². The Bertz CT molecular complexity index is 924. The number of hydrogen-bond donors (Lipinski definition) is 0. The lowest BCUT2D eigenvalue weighted by Crippen LogP contribution is -2.41. The molecule has 144 valence electrons. The third-order valence-corrected chi connectivity index (χ3v) is 5.78. The van der Waals surface area contributed by atoms with Gasteiger partial charge in [-0.1, -0.05) is 60.7 Å². The number of alkyl halides is 3. The molecule has 0 N–H and O–H groups in total. The molecule has 0 fully saturated rings. The number of Topliss-reactive ketones (excluding diaryl/α,β-unsaturated/α-hetero) is 1. The van der Waals surface area contributed by atoms with Crippen molar-refractivity contribution in [2.45, 2.75) is 22.2 Å². The summed E-state index contributed by atoms with van der Waals surface area (Å²) in [5.41, 5.74) is 0.188. The first kappa shape index (κ1) is 20.1. The Balaban J connectivity index is 2.10. The second-order valence-electron chi connectivity index (χ2n) is 6.21. The first-order valence-corrected chi connectivity index (χ1v) is 9.28. The van der Waals surface area contributed by atoms with Crippen LogP contribution in [0.15, 0.2) is 89.8 Å². The number of carbonyl (C=O) groups is 1. The summed E-state index contributed by atoms with van der Waals surface area (Å²) in [6.07, 6.45) is -5.50. The minimum Gasteiger partial charge on any atom is -0.294 e. The standard InChI is InChI=1S/C22H16F4OS/c23-18-11-13-19(14-12-18)28-21(22(24,25)26,17-9-5-2-6-10-17)15-20(27)16-7-3-1-4-8-16/h1-14H,15H2. The molecule has 0 aliphatic rings. The van der Waals surface area contributed by atoms with E-state index in [0.29, 0.717) is 11.8 Å². The van der Waals surface area contributed by atoms with Crippen molar-refractivity contribution in [3.63, 3.8) is 0 Å². The molecule has 6 heteroatoms. The third kappa shape index (κ3) is 4.28. The topological polar surface area (TPSA) is 17.1 Å². The fourth-order valence-electron chi connectivity index (χ4n) is 2.88. The molecule has 28 heavy (non-hydrogen) atoms. The Morgan fingerprint density at radius 2 is 1.32 bits per heavy atom. The summed E-state index contributed by atoms with van der Waals surface area (Å²) < 4.78 is 54.1. The summed E-state index contributed by atoms with van der Waals surface area (Å²) in [6, 6.07) is 20.1. The molecule has 1 nitrogen and oxygen atoms in total. The van der Waals surface area contributed by atoms with Crippen LogP contribution in [0.1, 0.15) is 22.3 Å². The van der Waals surface area contributed by atoms with Gasteiger partial charge in [0.15, 0.2) is 5.78 Å². The molecular weight excluding hydrogens is 388 g/mol. The molecule has 0 radical (unpaired) electrons. The maximum absolute atomic E-state index is 14.5. The van der Waals surface area contributed by atoms with Crippen molar-refractivity contribution in [3.05, 3.63) is 102 Å². The smallest absolute Gasteiger partial charge is 0.294 e. The van der Waals surface area contributed by atoms with E-state index in [1.165, 1.54) is 48.5 Å². The van der Waals surface area contributed by atoms with Crippen LogP contribution in [0.4, 0.5) is 17.6 Å². The third-order valence-electron chi connectivity index (χ3n) is 4.31. The van der Waals surface area contributed by atoms with Gasteiger partial charge in [-0.25, -0.2) is 4.39 Å². The van der Waals surface area contributed by atoms with Gasteiger partial charge >= 0.3 is 6.18 Å². The Morgan fingerprint density at radius 3 is 1.86 bits per heavy atom. The Hall–Kier alpha value is -2.60. The Kier molecular flexibility index (Phi) is 5.89. The van der Waals surface area contributed by atoms with E-state index in [0.717, 1.165) is 12.1 Å². The van der Waals surface area contributed by atoms with Crippen LogP contribution in [0.2, 0.25) is 0 Å². The van der Waals surface area contributed by atoms with Crippen LogP contribution in [0, 0.1) is 5.82 Å². The molecule has 1 unspecified atom stereocenters. The van der Waals surface area contributed by atoms with Crippen molar-refractivity contribution in [2.75, 3.05) is 0 Å². The van der Waals surface area contributed by atoms with Crippen molar-refractivity contribution in [3.8, 4) is 0 Å². The monoisotopic (exact) mass is 404 g/mol. The highest BCUT2D eigenvalue weighted by molar-refractivity contribution is 8.00. The molecule has 0 spiro atoms. The van der Waals surface area contributed by atoms with E-state index >= 15 is 0 Å². The van der Waals surface area contributed by atoms with Gasteiger partial charge in [0.2, 0.25) is 0 Å². The lowest BCUT2D eigenvalue weighted by atomic mass is 9.90. The van der Waals surface area contributed by atoms with Crippen LogP contribution < -0.4 is 0 Å². The van der Waals surface area contributed by atoms with E-state index in [9.17, 15) is 22.4 Å². The summed E-state index contributed by atoms with van der Waals surface area (Å²) >= 11 is 0.515. The molecule has 0 saturated carbocycles. The van der Waals surface area contributed by atoms with Crippen molar-refractivity contribution >= 4 is 17.5 Å². The maximum atomic E-state index is 14.5. The normalized spacial score (nSPS) is 13.7. The van der Waals surface area contributed by atoms with Gasteiger partial charge < -0.3 is 0 Å². The molecule has 0 aliphatic carbocycles. The van der Waals surface area contributed by atoms with Gasteiger partial charge in [0.25, 0.3) is 0 Å². The number of halogens is 4. The molecule has 1 atom stereocenters. The number of hydrogen-bond acceptors (Lipinski definition) is 2. The van der Waals surface area contributed by atoms with Crippen LogP contribution in [0.25, 0.3) is 0 Å². The average molecular weight is 404 g/mol. The number of carbonyl (C=O) groups excluding carboxylic acids is 1. The minimum atomic E-state index is -4.72. The molecule has 0 saturated heterocycles. The summed E-state index contributed by atoms with van der Waals surface area (Å²) in [4.78, 5) is 13.0. The molecule has 0 heterocycles. The first-order chi connectivity index (χ1) is 13.3. The van der Waals surface area contributed by atoms with Crippen molar-refractivity contribution in [2.24, 2.45) is 0 Å². The van der Waals surface area contributed by atoms with Gasteiger partial charge in [-0.3, -0.25) is 4.79 Å². The highest BCUT2D eigenvalue weighted by atomic mass is 32.2. The highest BCUT2D eigenvalue weighted by Gasteiger charge is 2.57. The van der Waals surface area contributed by atoms with E-state index < -0.39 is 28.9 Å². The first-order valence-electron chi connectivity index (χ1n) is 8.47. The molecular formula is C22H16F4OS. The largest absolute Gasteiger partial charge is 0.408 e. The molecule has 3 aromatic rings. The average Bonchev–Trinajstić information content (AvgIpc) is 2.69. The van der Waals surface area contributed by atoms with Crippen molar-refractivity contribution in [1.29, 1.82) is 0 Å². The second-order valence-corrected chi connectivity index (χ2v) is 7.59. The zero-order valence-corrected chi connectivity index (χ0v) is 15.4. The molecule has 0 aromatic heterocycles. The van der Waals surface area contributed by atoms with Gasteiger partial charge in [0.05, 0.1) is 0 Å². The fourth-order valence-corrected chi connectivity index (χ4v) is 4.13. The Morgan fingerprint density at radius 1 is 0.786 bits per heavy atom. The second kappa shape index (κ2) is 8.19. The van der Waals surface area contributed by atoms with Crippen LogP contribution in [-0.2, 0) is 4.75 Å². The van der Waals surface area contributed by atoms with Crippen LogP contribution in [0.5, 0.6) is 0 Å². The Labute approximate surface area is 164 Å². The van der Waals surface area contributed by atoms with E-state index in [4.69, 9.17) is 0 Å². The van der Waals surface area contributed by atoms with Gasteiger partial charge in [0, 0.05) is 16.9 Å². The molecule has 0 amide bonds. The number of benzene rings is 3. The van der Waals surface area contributed by atoms with Crippen molar-refractivity contribution in [1.82, 2.24) is 0 Å².